The number of thiazole rings is 1. The van der Waals surface area contributed by atoms with Gasteiger partial charge >= 0.3 is 0 Å². The summed E-state index contributed by atoms with van der Waals surface area (Å²) in [6, 6.07) is 7.42. The first-order valence-electron chi connectivity index (χ1n) is 5.90. The molecule has 3 nitrogen and oxygen atoms in total. The van der Waals surface area contributed by atoms with Gasteiger partial charge in [-0.15, -0.1) is 11.3 Å². The quantitative estimate of drug-likeness (QED) is 0.647. The molecule has 3 aromatic rings. The largest absolute Gasteiger partial charge is 0.298 e. The summed E-state index contributed by atoms with van der Waals surface area (Å²) in [5.74, 6) is -0.232. The van der Waals surface area contributed by atoms with Crippen molar-refractivity contribution in [2.24, 2.45) is 0 Å². The van der Waals surface area contributed by atoms with Crippen molar-refractivity contribution in [1.82, 2.24) is 4.98 Å². The van der Waals surface area contributed by atoms with Gasteiger partial charge in [-0.05, 0) is 29.7 Å². The minimum Gasteiger partial charge on any atom is -0.298 e. The molecule has 1 amide bonds. The molecule has 0 spiro atoms. The summed E-state index contributed by atoms with van der Waals surface area (Å²) in [4.78, 5) is 17.2. The van der Waals surface area contributed by atoms with Crippen LogP contribution in [0.3, 0.4) is 0 Å². The lowest BCUT2D eigenvalue weighted by Crippen LogP contribution is -2.07. The molecule has 0 radical (unpaired) electrons. The van der Waals surface area contributed by atoms with E-state index in [2.05, 4.69) is 10.3 Å². The maximum Gasteiger partial charge on any atom is 0.250 e. The second-order valence-electron chi connectivity index (χ2n) is 4.07. The Kier molecular flexibility index (Phi) is 4.26. The fourth-order valence-electron chi connectivity index (χ4n) is 1.68. The fourth-order valence-corrected chi connectivity index (χ4v) is 3.59. The van der Waals surface area contributed by atoms with Crippen LogP contribution in [-0.2, 0) is 4.79 Å². The average molecular weight is 355 g/mol. The second-order valence-corrected chi connectivity index (χ2v) is 6.86. The van der Waals surface area contributed by atoms with E-state index in [1.807, 2.05) is 23.6 Å². The van der Waals surface area contributed by atoms with Crippen LogP contribution in [0.25, 0.3) is 16.3 Å². The minimum atomic E-state index is -0.232. The van der Waals surface area contributed by atoms with Gasteiger partial charge in [-0.1, -0.05) is 40.6 Å². The highest BCUT2D eigenvalue weighted by Crippen LogP contribution is 2.35. The molecule has 0 saturated heterocycles. The van der Waals surface area contributed by atoms with Crippen molar-refractivity contribution in [2.75, 3.05) is 5.32 Å². The fraction of sp³-hybridized carbons (Fsp3) is 0. The number of halogens is 2. The monoisotopic (exact) mass is 354 g/mol. The van der Waals surface area contributed by atoms with Gasteiger partial charge in [0.25, 0.3) is 0 Å². The standard InChI is InChI=1S/C14H8Cl2N2OS2/c15-9-4-5-10-13(12(9)16)18-14(21-10)17-11(19)6-3-8-2-1-7-20-8/h1-7H,(H,17,18,19)/b6-3+. The first kappa shape index (κ1) is 14.5. The van der Waals surface area contributed by atoms with Gasteiger partial charge in [0.1, 0.15) is 5.52 Å². The summed E-state index contributed by atoms with van der Waals surface area (Å²) in [7, 11) is 0. The number of hydrogen-bond acceptors (Lipinski definition) is 4. The van der Waals surface area contributed by atoms with E-state index in [-0.39, 0.29) is 5.91 Å². The topological polar surface area (TPSA) is 42.0 Å². The first-order chi connectivity index (χ1) is 10.1. The SMILES string of the molecule is O=C(/C=C/c1cccs1)Nc1nc2c(Cl)c(Cl)ccc2s1. The average Bonchev–Trinajstić information content (AvgIpc) is 3.10. The molecule has 7 heteroatoms. The Morgan fingerprint density at radius 3 is 2.90 bits per heavy atom. The van der Waals surface area contributed by atoms with E-state index in [1.54, 1.807) is 23.5 Å². The number of thiophene rings is 1. The van der Waals surface area contributed by atoms with E-state index in [9.17, 15) is 4.79 Å². The van der Waals surface area contributed by atoms with E-state index in [0.717, 1.165) is 9.58 Å². The van der Waals surface area contributed by atoms with Crippen molar-refractivity contribution < 1.29 is 4.79 Å². The number of nitrogens with zero attached hydrogens (tertiary/aromatic N) is 1. The predicted molar refractivity (Wildman–Crippen MR) is 91.6 cm³/mol. The van der Waals surface area contributed by atoms with Crippen molar-refractivity contribution in [3.8, 4) is 0 Å². The van der Waals surface area contributed by atoms with E-state index in [4.69, 9.17) is 23.2 Å². The second kappa shape index (κ2) is 6.15. The number of amides is 1. The third kappa shape index (κ3) is 3.27. The summed E-state index contributed by atoms with van der Waals surface area (Å²) in [6.07, 6.45) is 3.24. The summed E-state index contributed by atoms with van der Waals surface area (Å²) in [5, 5.41) is 6.03. The molecule has 3 rings (SSSR count). The van der Waals surface area contributed by atoms with Crippen molar-refractivity contribution in [3.05, 3.63) is 50.6 Å². The van der Waals surface area contributed by atoms with E-state index < -0.39 is 0 Å². The van der Waals surface area contributed by atoms with E-state index in [0.29, 0.717) is 20.7 Å². The van der Waals surface area contributed by atoms with Crippen molar-refractivity contribution >= 4 is 73.2 Å². The van der Waals surface area contributed by atoms with Gasteiger partial charge in [-0.2, -0.15) is 0 Å². The Balaban J connectivity index is 1.79. The molecule has 0 bridgehead atoms. The molecule has 0 aliphatic heterocycles. The number of carbonyl (C=O) groups is 1. The molecule has 0 atom stereocenters. The van der Waals surface area contributed by atoms with E-state index in [1.165, 1.54) is 17.4 Å². The number of fused-ring (bicyclic) bond motifs is 1. The number of nitrogens with one attached hydrogen (secondary N) is 1. The van der Waals surface area contributed by atoms with Crippen molar-refractivity contribution in [3.63, 3.8) is 0 Å². The summed E-state index contributed by atoms with van der Waals surface area (Å²) in [6.45, 7) is 0. The maximum atomic E-state index is 11.9. The molecule has 2 heterocycles. The number of aromatic nitrogens is 1. The smallest absolute Gasteiger partial charge is 0.250 e. The van der Waals surface area contributed by atoms with Gasteiger partial charge in [-0.25, -0.2) is 4.98 Å². The molecule has 21 heavy (non-hydrogen) atoms. The molecular weight excluding hydrogens is 347 g/mol. The number of anilines is 1. The highest BCUT2D eigenvalue weighted by molar-refractivity contribution is 7.22. The van der Waals surface area contributed by atoms with Crippen LogP contribution < -0.4 is 5.32 Å². The molecule has 0 saturated carbocycles. The summed E-state index contributed by atoms with van der Waals surface area (Å²) >= 11 is 15.0. The van der Waals surface area contributed by atoms with Gasteiger partial charge in [-0.3, -0.25) is 10.1 Å². The van der Waals surface area contributed by atoms with Gasteiger partial charge in [0, 0.05) is 11.0 Å². The van der Waals surface area contributed by atoms with Crippen molar-refractivity contribution in [2.45, 2.75) is 0 Å². The highest BCUT2D eigenvalue weighted by atomic mass is 35.5. The molecule has 2 aromatic heterocycles. The summed E-state index contributed by atoms with van der Waals surface area (Å²) in [5.41, 5.74) is 0.603. The normalized spacial score (nSPS) is 11.3. The summed E-state index contributed by atoms with van der Waals surface area (Å²) < 4.78 is 0.877. The van der Waals surface area contributed by atoms with Gasteiger partial charge < -0.3 is 0 Å². The van der Waals surface area contributed by atoms with Crippen LogP contribution in [0.15, 0.2) is 35.7 Å². The van der Waals surface area contributed by atoms with Gasteiger partial charge in [0.05, 0.1) is 14.7 Å². The third-order valence-corrected chi connectivity index (χ3v) is 5.19. The van der Waals surface area contributed by atoms with Crippen LogP contribution in [0.2, 0.25) is 10.0 Å². The molecule has 0 aliphatic carbocycles. The highest BCUT2D eigenvalue weighted by Gasteiger charge is 2.11. The predicted octanol–water partition coefficient (Wildman–Crippen LogP) is 5.32. The lowest BCUT2D eigenvalue weighted by Gasteiger charge is -1.95. The zero-order chi connectivity index (χ0) is 14.8. The number of hydrogen-bond donors (Lipinski definition) is 1. The van der Waals surface area contributed by atoms with Crippen LogP contribution in [0.5, 0.6) is 0 Å². The number of benzene rings is 1. The van der Waals surface area contributed by atoms with Crippen molar-refractivity contribution in [1.29, 1.82) is 0 Å². The van der Waals surface area contributed by atoms with Crippen LogP contribution in [0.1, 0.15) is 4.88 Å². The minimum absolute atomic E-state index is 0.232. The Labute approximate surface area is 138 Å². The van der Waals surface area contributed by atoms with Gasteiger partial charge in [0.15, 0.2) is 5.13 Å². The van der Waals surface area contributed by atoms with Crippen LogP contribution >= 0.6 is 45.9 Å². The molecule has 1 aromatic carbocycles. The molecular formula is C14H8Cl2N2OS2. The number of carbonyl (C=O) groups excluding carboxylic acids is 1. The molecule has 0 aliphatic rings. The Bertz CT molecular complexity index is 825. The number of rotatable bonds is 3. The Morgan fingerprint density at radius 2 is 2.14 bits per heavy atom. The molecule has 1 N–H and O–H groups in total. The zero-order valence-corrected chi connectivity index (χ0v) is 13.6. The third-order valence-electron chi connectivity index (χ3n) is 2.62. The van der Waals surface area contributed by atoms with Gasteiger partial charge in [0.2, 0.25) is 5.91 Å². The van der Waals surface area contributed by atoms with Crippen LogP contribution in [0.4, 0.5) is 5.13 Å². The molecule has 0 unspecified atom stereocenters. The molecule has 106 valence electrons. The lowest BCUT2D eigenvalue weighted by atomic mass is 10.3. The van der Waals surface area contributed by atoms with E-state index >= 15 is 0 Å². The maximum absolute atomic E-state index is 11.9. The zero-order valence-electron chi connectivity index (χ0n) is 10.5. The lowest BCUT2D eigenvalue weighted by molar-refractivity contribution is -0.111. The molecule has 0 fully saturated rings. The van der Waals surface area contributed by atoms with Crippen LogP contribution in [-0.4, -0.2) is 10.9 Å². The first-order valence-corrected chi connectivity index (χ1v) is 8.36. The Morgan fingerprint density at radius 1 is 1.29 bits per heavy atom. The van der Waals surface area contributed by atoms with Crippen LogP contribution in [0, 0.1) is 0 Å². The Hall–Kier alpha value is -1.40.